The summed E-state index contributed by atoms with van der Waals surface area (Å²) in [6.07, 6.45) is -2.26. The molecule has 1 N–H and O–H groups in total. The molecule has 0 aliphatic carbocycles. The first-order valence-corrected chi connectivity index (χ1v) is 5.30. The second kappa shape index (κ2) is 4.69. The molecule has 0 atom stereocenters. The standard InChI is InChI=1S/C13H9F3N2O/c1-19-12-4-8(2-3-9(12)5-17)10-6-18-7-11(10)13(14,15)16/h2-4,6-7,18H,1H3. The second-order valence-corrected chi connectivity index (χ2v) is 3.81. The van der Waals surface area contributed by atoms with Crippen LogP contribution in [0.5, 0.6) is 5.75 Å². The summed E-state index contributed by atoms with van der Waals surface area (Å²) in [5.74, 6) is 0.245. The predicted octanol–water partition coefficient (Wildman–Crippen LogP) is 3.58. The van der Waals surface area contributed by atoms with E-state index in [4.69, 9.17) is 10.00 Å². The summed E-state index contributed by atoms with van der Waals surface area (Å²) in [6, 6.07) is 6.21. The third kappa shape index (κ3) is 2.40. The van der Waals surface area contributed by atoms with Gasteiger partial charge in [-0.25, -0.2) is 0 Å². The summed E-state index contributed by atoms with van der Waals surface area (Å²) < 4.78 is 43.4. The molecule has 2 rings (SSSR count). The minimum absolute atomic E-state index is 0.0234. The Bertz CT molecular complexity index is 638. The average Bonchev–Trinajstić information content (AvgIpc) is 2.87. The predicted molar refractivity (Wildman–Crippen MR) is 62.5 cm³/mol. The van der Waals surface area contributed by atoms with E-state index in [1.165, 1.54) is 31.5 Å². The topological polar surface area (TPSA) is 48.8 Å². The van der Waals surface area contributed by atoms with Gasteiger partial charge >= 0.3 is 6.18 Å². The van der Waals surface area contributed by atoms with Crippen LogP contribution in [0.25, 0.3) is 11.1 Å². The van der Waals surface area contributed by atoms with Gasteiger partial charge in [-0.3, -0.25) is 0 Å². The van der Waals surface area contributed by atoms with Crippen molar-refractivity contribution in [3.63, 3.8) is 0 Å². The molecule has 2 aromatic rings. The first kappa shape index (κ1) is 13.0. The van der Waals surface area contributed by atoms with Crippen LogP contribution >= 0.6 is 0 Å². The molecule has 6 heteroatoms. The number of hydrogen-bond donors (Lipinski definition) is 1. The number of nitrogens with one attached hydrogen (secondary N) is 1. The first-order chi connectivity index (χ1) is 8.97. The zero-order chi connectivity index (χ0) is 14.0. The molecule has 0 bridgehead atoms. The van der Waals surface area contributed by atoms with Gasteiger partial charge in [-0.15, -0.1) is 0 Å². The molecule has 0 saturated carbocycles. The van der Waals surface area contributed by atoms with E-state index in [2.05, 4.69) is 4.98 Å². The van der Waals surface area contributed by atoms with Crippen LogP contribution < -0.4 is 4.74 Å². The van der Waals surface area contributed by atoms with E-state index in [1.807, 2.05) is 6.07 Å². The normalized spacial score (nSPS) is 11.1. The summed E-state index contributed by atoms with van der Waals surface area (Å²) in [5.41, 5.74) is -0.116. The third-order valence-corrected chi connectivity index (χ3v) is 2.68. The van der Waals surface area contributed by atoms with Crippen LogP contribution in [-0.2, 0) is 6.18 Å². The van der Waals surface area contributed by atoms with Gasteiger partial charge < -0.3 is 9.72 Å². The molecule has 98 valence electrons. The number of nitriles is 1. The van der Waals surface area contributed by atoms with Crippen LogP contribution in [0.15, 0.2) is 30.6 Å². The van der Waals surface area contributed by atoms with E-state index in [0.29, 0.717) is 5.56 Å². The van der Waals surface area contributed by atoms with Crippen molar-refractivity contribution >= 4 is 0 Å². The van der Waals surface area contributed by atoms with Gasteiger partial charge in [0.2, 0.25) is 0 Å². The fourth-order valence-electron chi connectivity index (χ4n) is 1.79. The number of aromatic nitrogens is 1. The molecule has 0 spiro atoms. The van der Waals surface area contributed by atoms with E-state index in [0.717, 1.165) is 6.20 Å². The Balaban J connectivity index is 2.55. The highest BCUT2D eigenvalue weighted by molar-refractivity contribution is 5.70. The molecule has 0 amide bonds. The first-order valence-electron chi connectivity index (χ1n) is 5.30. The SMILES string of the molecule is COc1cc(-c2c[nH]cc2C(F)(F)F)ccc1C#N. The molecule has 0 aliphatic rings. The van der Waals surface area contributed by atoms with Gasteiger partial charge in [0.05, 0.1) is 18.2 Å². The van der Waals surface area contributed by atoms with Crippen LogP contribution in [0.3, 0.4) is 0 Å². The number of benzene rings is 1. The molecular formula is C13H9F3N2O. The average molecular weight is 266 g/mol. The van der Waals surface area contributed by atoms with Crippen LogP contribution in [0.4, 0.5) is 13.2 Å². The smallest absolute Gasteiger partial charge is 0.418 e. The van der Waals surface area contributed by atoms with Gasteiger partial charge in [0.25, 0.3) is 0 Å². The van der Waals surface area contributed by atoms with Crippen LogP contribution in [0.2, 0.25) is 0 Å². The fraction of sp³-hybridized carbons (Fsp3) is 0.154. The van der Waals surface area contributed by atoms with Gasteiger partial charge in [0, 0.05) is 18.0 Å². The number of aromatic amines is 1. The molecule has 3 nitrogen and oxygen atoms in total. The lowest BCUT2D eigenvalue weighted by atomic mass is 10.0. The molecular weight excluding hydrogens is 257 g/mol. The third-order valence-electron chi connectivity index (χ3n) is 2.68. The second-order valence-electron chi connectivity index (χ2n) is 3.81. The molecule has 0 radical (unpaired) electrons. The molecule has 19 heavy (non-hydrogen) atoms. The molecule has 1 heterocycles. The summed E-state index contributed by atoms with van der Waals surface area (Å²) in [6.45, 7) is 0. The van der Waals surface area contributed by atoms with Crippen molar-refractivity contribution in [3.8, 4) is 22.9 Å². The summed E-state index contributed by atoms with van der Waals surface area (Å²) in [4.78, 5) is 2.44. The van der Waals surface area contributed by atoms with E-state index < -0.39 is 11.7 Å². The number of alkyl halides is 3. The van der Waals surface area contributed by atoms with Crippen molar-refractivity contribution in [2.75, 3.05) is 7.11 Å². The Hall–Kier alpha value is -2.42. The van der Waals surface area contributed by atoms with E-state index >= 15 is 0 Å². The quantitative estimate of drug-likeness (QED) is 0.903. The lowest BCUT2D eigenvalue weighted by Gasteiger charge is -2.09. The Morgan fingerprint density at radius 2 is 2.00 bits per heavy atom. The Morgan fingerprint density at radius 3 is 2.58 bits per heavy atom. The van der Waals surface area contributed by atoms with E-state index in [-0.39, 0.29) is 16.9 Å². The number of hydrogen-bond acceptors (Lipinski definition) is 2. The zero-order valence-electron chi connectivity index (χ0n) is 9.88. The molecule has 0 aliphatic heterocycles. The number of rotatable bonds is 2. The fourth-order valence-corrected chi connectivity index (χ4v) is 1.79. The zero-order valence-corrected chi connectivity index (χ0v) is 9.88. The minimum Gasteiger partial charge on any atom is -0.495 e. The lowest BCUT2D eigenvalue weighted by Crippen LogP contribution is -2.04. The number of halogens is 3. The molecule has 0 unspecified atom stereocenters. The number of ether oxygens (including phenoxy) is 1. The highest BCUT2D eigenvalue weighted by Crippen LogP contribution is 2.38. The van der Waals surface area contributed by atoms with Gasteiger partial charge in [-0.2, -0.15) is 18.4 Å². The highest BCUT2D eigenvalue weighted by Gasteiger charge is 2.34. The molecule has 1 aromatic heterocycles. The molecule has 0 fully saturated rings. The monoisotopic (exact) mass is 266 g/mol. The van der Waals surface area contributed by atoms with E-state index in [1.54, 1.807) is 0 Å². The van der Waals surface area contributed by atoms with Crippen LogP contribution in [-0.4, -0.2) is 12.1 Å². The van der Waals surface area contributed by atoms with Gasteiger partial charge in [-0.05, 0) is 17.7 Å². The van der Waals surface area contributed by atoms with Crippen molar-refractivity contribution in [2.24, 2.45) is 0 Å². The maximum atomic E-state index is 12.8. The van der Waals surface area contributed by atoms with Crippen LogP contribution in [0, 0.1) is 11.3 Å². The van der Waals surface area contributed by atoms with Crippen LogP contribution in [0.1, 0.15) is 11.1 Å². The maximum absolute atomic E-state index is 12.8. The van der Waals surface area contributed by atoms with Crippen molar-refractivity contribution in [2.45, 2.75) is 6.18 Å². The Kier molecular flexibility index (Phi) is 3.21. The molecule has 0 saturated heterocycles. The Labute approximate surface area is 107 Å². The van der Waals surface area contributed by atoms with E-state index in [9.17, 15) is 13.2 Å². The van der Waals surface area contributed by atoms with Gasteiger partial charge in [0.15, 0.2) is 0 Å². The maximum Gasteiger partial charge on any atom is 0.418 e. The van der Waals surface area contributed by atoms with Crippen molar-refractivity contribution in [3.05, 3.63) is 41.7 Å². The largest absolute Gasteiger partial charge is 0.495 e. The number of nitrogens with zero attached hydrogens (tertiary/aromatic N) is 1. The van der Waals surface area contributed by atoms with Crippen molar-refractivity contribution < 1.29 is 17.9 Å². The van der Waals surface area contributed by atoms with Crippen molar-refractivity contribution in [1.82, 2.24) is 4.98 Å². The Morgan fingerprint density at radius 1 is 1.26 bits per heavy atom. The summed E-state index contributed by atoms with van der Waals surface area (Å²) in [5, 5.41) is 8.84. The van der Waals surface area contributed by atoms with Gasteiger partial charge in [-0.1, -0.05) is 6.07 Å². The summed E-state index contributed by atoms with van der Waals surface area (Å²) >= 11 is 0. The number of methoxy groups -OCH3 is 1. The minimum atomic E-state index is -4.43. The number of H-pyrrole nitrogens is 1. The van der Waals surface area contributed by atoms with Crippen molar-refractivity contribution in [1.29, 1.82) is 5.26 Å². The highest BCUT2D eigenvalue weighted by atomic mass is 19.4. The lowest BCUT2D eigenvalue weighted by molar-refractivity contribution is -0.137. The molecule has 1 aromatic carbocycles. The van der Waals surface area contributed by atoms with Gasteiger partial charge in [0.1, 0.15) is 11.8 Å². The summed E-state index contributed by atoms with van der Waals surface area (Å²) in [7, 11) is 1.36.